The zero-order valence-electron chi connectivity index (χ0n) is 17.6. The van der Waals surface area contributed by atoms with E-state index in [1.807, 2.05) is 13.2 Å². The van der Waals surface area contributed by atoms with Crippen LogP contribution < -0.4 is 21.7 Å². The second-order valence-corrected chi connectivity index (χ2v) is 8.03. The summed E-state index contributed by atoms with van der Waals surface area (Å²) in [6.45, 7) is 6.32. The average molecular weight is 435 g/mol. The van der Waals surface area contributed by atoms with Crippen LogP contribution >= 0.6 is 11.8 Å². The minimum Gasteiger partial charge on any atom is -0.480 e. The quantitative estimate of drug-likeness (QED) is 0.215. The van der Waals surface area contributed by atoms with Crippen molar-refractivity contribution in [1.29, 1.82) is 0 Å². The summed E-state index contributed by atoms with van der Waals surface area (Å²) < 4.78 is 0. The van der Waals surface area contributed by atoms with Crippen molar-refractivity contribution in [3.63, 3.8) is 0 Å². The average Bonchev–Trinajstić information content (AvgIpc) is 2.66. The first-order valence-electron chi connectivity index (χ1n) is 9.52. The molecule has 0 aromatic rings. The fraction of sp³-hybridized carbons (Fsp3) is 0.778. The van der Waals surface area contributed by atoms with Crippen LogP contribution in [0, 0.1) is 5.92 Å². The highest BCUT2D eigenvalue weighted by molar-refractivity contribution is 7.98. The zero-order valence-corrected chi connectivity index (χ0v) is 18.4. The monoisotopic (exact) mass is 434 g/mol. The Labute approximate surface area is 175 Å². The smallest absolute Gasteiger partial charge is 0.326 e. The predicted molar refractivity (Wildman–Crippen MR) is 111 cm³/mol. The number of carbonyl (C=O) groups is 4. The van der Waals surface area contributed by atoms with Crippen LogP contribution in [0.2, 0.25) is 0 Å². The van der Waals surface area contributed by atoms with Gasteiger partial charge in [-0.3, -0.25) is 14.4 Å². The number of aliphatic hydroxyl groups excluding tert-OH is 1. The molecule has 0 aliphatic heterocycles. The van der Waals surface area contributed by atoms with Gasteiger partial charge in [0.05, 0.1) is 6.10 Å². The zero-order chi connectivity index (χ0) is 22.7. The normalized spacial score (nSPS) is 17.2. The number of amides is 3. The number of nitrogens with one attached hydrogen (secondary N) is 3. The number of carbonyl (C=O) groups excluding carboxylic acids is 3. The van der Waals surface area contributed by atoms with E-state index in [1.165, 1.54) is 25.6 Å². The maximum absolute atomic E-state index is 12.6. The minimum absolute atomic E-state index is 0.284. The third-order valence-corrected chi connectivity index (χ3v) is 5.24. The molecule has 0 heterocycles. The lowest BCUT2D eigenvalue weighted by Crippen LogP contribution is -2.58. The number of rotatable bonds is 13. The Bertz CT molecular complexity index is 575. The van der Waals surface area contributed by atoms with Gasteiger partial charge >= 0.3 is 5.97 Å². The van der Waals surface area contributed by atoms with Crippen molar-refractivity contribution in [3.8, 4) is 0 Å². The molecule has 10 nitrogen and oxygen atoms in total. The molecular weight excluding hydrogens is 400 g/mol. The standard InChI is InChI=1S/C18H34N4O6S/c1-6-9(2)14(18(27)28)22-16(25)12(7-8-29-5)21-15(24)10(3)20-17(26)13(19)11(4)23/h9-14,23H,6-8,19H2,1-5H3,(H,20,26)(H,21,24)(H,22,25)(H,27,28). The van der Waals surface area contributed by atoms with Crippen molar-refractivity contribution in [2.24, 2.45) is 11.7 Å². The Morgan fingerprint density at radius 2 is 1.59 bits per heavy atom. The van der Waals surface area contributed by atoms with E-state index in [0.717, 1.165) is 0 Å². The molecule has 0 spiro atoms. The summed E-state index contributed by atoms with van der Waals surface area (Å²) in [5.74, 6) is -2.78. The van der Waals surface area contributed by atoms with Crippen LogP contribution in [0.3, 0.4) is 0 Å². The van der Waals surface area contributed by atoms with Gasteiger partial charge in [-0.05, 0) is 38.2 Å². The highest BCUT2D eigenvalue weighted by atomic mass is 32.2. The van der Waals surface area contributed by atoms with Gasteiger partial charge in [0.2, 0.25) is 17.7 Å². The fourth-order valence-electron chi connectivity index (χ4n) is 2.33. The van der Waals surface area contributed by atoms with Crippen LogP contribution in [0.5, 0.6) is 0 Å². The first kappa shape index (κ1) is 27.1. The molecule has 0 aliphatic carbocycles. The number of carboxylic acid groups (broad SMARTS) is 1. The second kappa shape index (κ2) is 13.4. The van der Waals surface area contributed by atoms with Gasteiger partial charge in [-0.15, -0.1) is 0 Å². The van der Waals surface area contributed by atoms with E-state index in [4.69, 9.17) is 5.73 Å². The van der Waals surface area contributed by atoms with Gasteiger partial charge in [0, 0.05) is 0 Å². The summed E-state index contributed by atoms with van der Waals surface area (Å²) in [5, 5.41) is 26.1. The lowest BCUT2D eigenvalue weighted by Gasteiger charge is -2.25. The maximum atomic E-state index is 12.6. The van der Waals surface area contributed by atoms with Gasteiger partial charge in [-0.2, -0.15) is 11.8 Å². The molecule has 0 fully saturated rings. The Hall–Kier alpha value is -1.85. The molecule has 11 heteroatoms. The van der Waals surface area contributed by atoms with Gasteiger partial charge in [0.1, 0.15) is 24.2 Å². The van der Waals surface area contributed by atoms with E-state index < -0.39 is 54.0 Å². The summed E-state index contributed by atoms with van der Waals surface area (Å²) in [6, 6.07) is -4.21. The molecule has 7 N–H and O–H groups in total. The van der Waals surface area contributed by atoms with Gasteiger partial charge in [0.15, 0.2) is 0 Å². The Kier molecular flexibility index (Phi) is 12.5. The number of nitrogens with two attached hydrogens (primary N) is 1. The van der Waals surface area contributed by atoms with Crippen LogP contribution in [0.15, 0.2) is 0 Å². The maximum Gasteiger partial charge on any atom is 0.326 e. The van der Waals surface area contributed by atoms with E-state index in [2.05, 4.69) is 16.0 Å². The lowest BCUT2D eigenvalue weighted by atomic mass is 9.98. The molecule has 0 rings (SSSR count). The third-order valence-electron chi connectivity index (χ3n) is 4.59. The van der Waals surface area contributed by atoms with E-state index >= 15 is 0 Å². The number of hydrogen-bond acceptors (Lipinski definition) is 7. The van der Waals surface area contributed by atoms with Crippen LogP contribution in [-0.2, 0) is 19.2 Å². The number of aliphatic hydroxyl groups is 1. The summed E-state index contributed by atoms with van der Waals surface area (Å²) in [5.41, 5.74) is 5.53. The number of hydrogen-bond donors (Lipinski definition) is 6. The van der Waals surface area contributed by atoms with Crippen LogP contribution in [0.25, 0.3) is 0 Å². The number of carboxylic acids is 1. The van der Waals surface area contributed by atoms with Crippen molar-refractivity contribution in [2.45, 2.75) is 70.8 Å². The highest BCUT2D eigenvalue weighted by Crippen LogP contribution is 2.09. The van der Waals surface area contributed by atoms with Crippen molar-refractivity contribution < 1.29 is 29.4 Å². The third kappa shape index (κ3) is 9.46. The summed E-state index contributed by atoms with van der Waals surface area (Å²) >= 11 is 1.47. The van der Waals surface area contributed by atoms with Crippen LogP contribution in [0.1, 0.15) is 40.5 Å². The number of aliphatic carboxylic acids is 1. The van der Waals surface area contributed by atoms with Crippen molar-refractivity contribution in [2.75, 3.05) is 12.0 Å². The van der Waals surface area contributed by atoms with Gasteiger partial charge in [-0.25, -0.2) is 4.79 Å². The van der Waals surface area contributed by atoms with E-state index in [0.29, 0.717) is 18.6 Å². The fourth-order valence-corrected chi connectivity index (χ4v) is 2.80. The van der Waals surface area contributed by atoms with Crippen molar-refractivity contribution >= 4 is 35.5 Å². The minimum atomic E-state index is -1.19. The van der Waals surface area contributed by atoms with Gasteiger partial charge in [0.25, 0.3) is 0 Å². The molecule has 0 bridgehead atoms. The van der Waals surface area contributed by atoms with Crippen molar-refractivity contribution in [3.05, 3.63) is 0 Å². The van der Waals surface area contributed by atoms with Gasteiger partial charge in [-0.1, -0.05) is 20.3 Å². The SMILES string of the molecule is CCC(C)C(NC(=O)C(CCSC)NC(=O)C(C)NC(=O)C(N)C(C)O)C(=O)O. The Morgan fingerprint density at radius 1 is 1.00 bits per heavy atom. The molecule has 0 saturated carbocycles. The molecule has 168 valence electrons. The molecular formula is C18H34N4O6S. The largest absolute Gasteiger partial charge is 0.480 e. The second-order valence-electron chi connectivity index (χ2n) is 7.05. The van der Waals surface area contributed by atoms with Crippen LogP contribution in [0.4, 0.5) is 0 Å². The summed E-state index contributed by atoms with van der Waals surface area (Å²) in [4.78, 5) is 48.4. The first-order valence-corrected chi connectivity index (χ1v) is 10.9. The molecule has 0 saturated heterocycles. The molecule has 0 radical (unpaired) electrons. The molecule has 0 aromatic heterocycles. The van der Waals surface area contributed by atoms with E-state index in [-0.39, 0.29) is 5.92 Å². The van der Waals surface area contributed by atoms with Crippen LogP contribution in [-0.4, -0.2) is 76.2 Å². The van der Waals surface area contributed by atoms with Gasteiger partial charge < -0.3 is 31.9 Å². The molecule has 0 aliphatic rings. The molecule has 6 unspecified atom stereocenters. The molecule has 0 aromatic carbocycles. The molecule has 29 heavy (non-hydrogen) atoms. The lowest BCUT2D eigenvalue weighted by molar-refractivity contribution is -0.143. The van der Waals surface area contributed by atoms with Crippen molar-refractivity contribution in [1.82, 2.24) is 16.0 Å². The highest BCUT2D eigenvalue weighted by Gasteiger charge is 2.31. The molecule has 3 amide bonds. The number of thioether (sulfide) groups is 1. The summed E-state index contributed by atoms with van der Waals surface area (Å²) in [7, 11) is 0. The Morgan fingerprint density at radius 3 is 2.03 bits per heavy atom. The first-order chi connectivity index (χ1) is 13.5. The van der Waals surface area contributed by atoms with E-state index in [1.54, 1.807) is 6.92 Å². The topological polar surface area (TPSA) is 171 Å². The summed E-state index contributed by atoms with van der Waals surface area (Å²) in [6.07, 6.45) is 1.61. The predicted octanol–water partition coefficient (Wildman–Crippen LogP) is -0.947. The van der Waals surface area contributed by atoms with E-state index in [9.17, 15) is 29.4 Å². The molecule has 6 atom stereocenters. The Balaban J connectivity index is 5.12.